The van der Waals surface area contributed by atoms with Gasteiger partial charge in [-0.1, -0.05) is 60.7 Å². The monoisotopic (exact) mass is 416 g/mol. The molecule has 1 fully saturated rings. The molecule has 1 aliphatic rings. The van der Waals surface area contributed by atoms with E-state index in [1.54, 1.807) is 6.20 Å². The highest BCUT2D eigenvalue weighted by atomic mass is 16.2. The fourth-order valence-electron chi connectivity index (χ4n) is 4.11. The summed E-state index contributed by atoms with van der Waals surface area (Å²) in [5.41, 5.74) is 3.06. The van der Waals surface area contributed by atoms with Gasteiger partial charge in [0.2, 0.25) is 17.8 Å². The maximum absolute atomic E-state index is 12.6. The van der Waals surface area contributed by atoms with Crippen LogP contribution in [0.2, 0.25) is 0 Å². The Balaban J connectivity index is 1.26. The Kier molecular flexibility index (Phi) is 6.46. The summed E-state index contributed by atoms with van der Waals surface area (Å²) in [5, 5.41) is 2.95. The minimum absolute atomic E-state index is 0.0256. The molecule has 0 spiro atoms. The quantitative estimate of drug-likeness (QED) is 0.663. The molecule has 1 N–H and O–H groups in total. The number of piperidine rings is 1. The molecule has 2 aromatic carbocycles. The molecule has 1 aliphatic heterocycles. The first-order chi connectivity index (χ1) is 15.1. The lowest BCUT2D eigenvalue weighted by atomic mass is 9.93. The SMILES string of the molecule is Cn1c(-c2ccccc2)cnc1NC(=O)CC1CCN(C(=O)Cc2ccccc2)CC1. The van der Waals surface area contributed by atoms with Gasteiger partial charge in [-0.05, 0) is 29.9 Å². The lowest BCUT2D eigenvalue weighted by molar-refractivity contribution is -0.131. The lowest BCUT2D eigenvalue weighted by Gasteiger charge is -2.31. The van der Waals surface area contributed by atoms with E-state index in [0.29, 0.717) is 31.9 Å². The summed E-state index contributed by atoms with van der Waals surface area (Å²) in [5.74, 6) is 0.979. The largest absolute Gasteiger partial charge is 0.342 e. The number of hydrogen-bond acceptors (Lipinski definition) is 3. The smallest absolute Gasteiger partial charge is 0.226 e. The number of carbonyl (C=O) groups is 2. The second-order valence-electron chi connectivity index (χ2n) is 8.13. The highest BCUT2D eigenvalue weighted by molar-refractivity contribution is 5.89. The van der Waals surface area contributed by atoms with Crippen molar-refractivity contribution in [3.63, 3.8) is 0 Å². The Morgan fingerprint density at radius 3 is 2.32 bits per heavy atom. The number of amides is 2. The molecule has 1 aromatic heterocycles. The summed E-state index contributed by atoms with van der Waals surface area (Å²) in [7, 11) is 1.90. The van der Waals surface area contributed by atoms with Crippen molar-refractivity contribution in [2.24, 2.45) is 13.0 Å². The van der Waals surface area contributed by atoms with Crippen LogP contribution in [-0.2, 0) is 23.1 Å². The Hall–Kier alpha value is -3.41. The van der Waals surface area contributed by atoms with Crippen LogP contribution in [0, 0.1) is 5.92 Å². The first kappa shape index (κ1) is 20.8. The summed E-state index contributed by atoms with van der Waals surface area (Å²) in [6.45, 7) is 1.42. The molecular weight excluding hydrogens is 388 g/mol. The predicted octanol–water partition coefficient (Wildman–Crippen LogP) is 3.90. The molecule has 0 atom stereocenters. The highest BCUT2D eigenvalue weighted by Crippen LogP contribution is 2.24. The van der Waals surface area contributed by atoms with E-state index in [9.17, 15) is 9.59 Å². The standard InChI is InChI=1S/C25H28N4O2/c1-28-22(21-10-6-3-7-11-21)18-26-25(28)27-23(30)16-20-12-14-29(15-13-20)24(31)17-19-8-4-2-5-9-19/h2-11,18,20H,12-17H2,1H3,(H,26,27,30). The fraction of sp³-hybridized carbons (Fsp3) is 0.320. The van der Waals surface area contributed by atoms with E-state index in [0.717, 1.165) is 29.7 Å². The minimum atomic E-state index is -0.0256. The van der Waals surface area contributed by atoms with E-state index >= 15 is 0 Å². The summed E-state index contributed by atoms with van der Waals surface area (Å²) in [6.07, 6.45) is 4.37. The summed E-state index contributed by atoms with van der Waals surface area (Å²) < 4.78 is 1.90. The number of nitrogens with zero attached hydrogens (tertiary/aromatic N) is 3. The molecule has 6 nitrogen and oxygen atoms in total. The zero-order valence-electron chi connectivity index (χ0n) is 17.8. The van der Waals surface area contributed by atoms with Crippen molar-refractivity contribution in [2.45, 2.75) is 25.7 Å². The molecule has 31 heavy (non-hydrogen) atoms. The van der Waals surface area contributed by atoms with Crippen LogP contribution in [0.25, 0.3) is 11.3 Å². The van der Waals surface area contributed by atoms with Gasteiger partial charge < -0.3 is 9.47 Å². The van der Waals surface area contributed by atoms with Crippen molar-refractivity contribution in [2.75, 3.05) is 18.4 Å². The first-order valence-electron chi connectivity index (χ1n) is 10.8. The van der Waals surface area contributed by atoms with E-state index in [2.05, 4.69) is 10.3 Å². The molecule has 0 unspecified atom stereocenters. The van der Waals surface area contributed by atoms with E-state index in [-0.39, 0.29) is 17.7 Å². The van der Waals surface area contributed by atoms with Crippen molar-refractivity contribution < 1.29 is 9.59 Å². The predicted molar refractivity (Wildman–Crippen MR) is 121 cm³/mol. The second kappa shape index (κ2) is 9.60. The normalized spacial score (nSPS) is 14.4. The number of imidazole rings is 1. The van der Waals surface area contributed by atoms with Gasteiger partial charge in [0.25, 0.3) is 0 Å². The molecule has 0 saturated carbocycles. The van der Waals surface area contributed by atoms with Crippen molar-refractivity contribution >= 4 is 17.8 Å². The van der Waals surface area contributed by atoms with Gasteiger partial charge >= 0.3 is 0 Å². The van der Waals surface area contributed by atoms with Crippen LogP contribution < -0.4 is 5.32 Å². The maximum Gasteiger partial charge on any atom is 0.226 e. The van der Waals surface area contributed by atoms with E-state index in [1.165, 1.54) is 0 Å². The number of rotatable bonds is 6. The average molecular weight is 417 g/mol. The van der Waals surface area contributed by atoms with Gasteiger partial charge in [-0.3, -0.25) is 14.9 Å². The molecule has 160 valence electrons. The highest BCUT2D eigenvalue weighted by Gasteiger charge is 2.25. The van der Waals surface area contributed by atoms with Crippen LogP contribution in [0.4, 0.5) is 5.95 Å². The van der Waals surface area contributed by atoms with Crippen molar-refractivity contribution in [3.05, 3.63) is 72.4 Å². The number of carbonyl (C=O) groups excluding carboxylic acids is 2. The zero-order valence-corrected chi connectivity index (χ0v) is 17.8. The number of anilines is 1. The topological polar surface area (TPSA) is 67.2 Å². The van der Waals surface area contributed by atoms with Gasteiger partial charge in [-0.15, -0.1) is 0 Å². The lowest BCUT2D eigenvalue weighted by Crippen LogP contribution is -2.40. The fourth-order valence-corrected chi connectivity index (χ4v) is 4.11. The third kappa shape index (κ3) is 5.20. The number of hydrogen-bond donors (Lipinski definition) is 1. The number of nitrogens with one attached hydrogen (secondary N) is 1. The zero-order chi connectivity index (χ0) is 21.6. The molecule has 0 bridgehead atoms. The molecule has 0 aliphatic carbocycles. The van der Waals surface area contributed by atoms with Crippen LogP contribution in [0.3, 0.4) is 0 Å². The van der Waals surface area contributed by atoms with Crippen molar-refractivity contribution in [1.82, 2.24) is 14.5 Å². The molecule has 1 saturated heterocycles. The van der Waals surface area contributed by atoms with Crippen molar-refractivity contribution in [3.8, 4) is 11.3 Å². The van der Waals surface area contributed by atoms with E-state index in [1.807, 2.05) is 77.2 Å². The Morgan fingerprint density at radius 1 is 1.00 bits per heavy atom. The molecular formula is C25H28N4O2. The third-order valence-electron chi connectivity index (χ3n) is 5.95. The average Bonchev–Trinajstić information content (AvgIpc) is 3.15. The van der Waals surface area contributed by atoms with Crippen LogP contribution in [-0.4, -0.2) is 39.4 Å². The summed E-state index contributed by atoms with van der Waals surface area (Å²) in [4.78, 5) is 31.4. The van der Waals surface area contributed by atoms with Crippen molar-refractivity contribution in [1.29, 1.82) is 0 Å². The first-order valence-corrected chi connectivity index (χ1v) is 10.8. The third-order valence-corrected chi connectivity index (χ3v) is 5.95. The Morgan fingerprint density at radius 2 is 1.65 bits per heavy atom. The number of aromatic nitrogens is 2. The summed E-state index contributed by atoms with van der Waals surface area (Å²) in [6, 6.07) is 19.8. The van der Waals surface area contributed by atoms with E-state index < -0.39 is 0 Å². The molecule has 2 amide bonds. The van der Waals surface area contributed by atoms with Crippen LogP contribution >= 0.6 is 0 Å². The molecule has 4 rings (SSSR count). The van der Waals surface area contributed by atoms with Crippen LogP contribution in [0.1, 0.15) is 24.8 Å². The minimum Gasteiger partial charge on any atom is -0.342 e. The molecule has 2 heterocycles. The van der Waals surface area contributed by atoms with Gasteiger partial charge in [-0.25, -0.2) is 4.98 Å². The maximum atomic E-state index is 12.6. The van der Waals surface area contributed by atoms with Gasteiger partial charge in [0.1, 0.15) is 0 Å². The second-order valence-corrected chi connectivity index (χ2v) is 8.13. The van der Waals surface area contributed by atoms with Gasteiger partial charge in [0, 0.05) is 26.6 Å². The Bertz CT molecular complexity index is 1020. The molecule has 0 radical (unpaired) electrons. The number of benzene rings is 2. The van der Waals surface area contributed by atoms with Gasteiger partial charge in [0.05, 0.1) is 18.3 Å². The van der Waals surface area contributed by atoms with E-state index in [4.69, 9.17) is 0 Å². The molecule has 6 heteroatoms. The van der Waals surface area contributed by atoms with Gasteiger partial charge in [-0.2, -0.15) is 0 Å². The Labute approximate surface area is 182 Å². The van der Waals surface area contributed by atoms with Crippen LogP contribution in [0.15, 0.2) is 66.9 Å². The molecule has 3 aromatic rings. The summed E-state index contributed by atoms with van der Waals surface area (Å²) >= 11 is 0. The van der Waals surface area contributed by atoms with Gasteiger partial charge in [0.15, 0.2) is 0 Å². The van der Waals surface area contributed by atoms with Crippen LogP contribution in [0.5, 0.6) is 0 Å². The number of likely N-dealkylation sites (tertiary alicyclic amines) is 1.